The average molecular weight is 491 g/mol. The Bertz CT molecular complexity index is 581. The van der Waals surface area contributed by atoms with E-state index in [0.29, 0.717) is 44.4 Å². The van der Waals surface area contributed by atoms with Crippen molar-refractivity contribution in [1.82, 2.24) is 0 Å². The van der Waals surface area contributed by atoms with E-state index in [1.54, 1.807) is 30.8 Å². The molecule has 0 amide bonds. The molecule has 9 heteroatoms. The molecule has 0 fully saturated rings. The van der Waals surface area contributed by atoms with Crippen LogP contribution in [0.5, 0.6) is 0 Å². The molecule has 0 aliphatic heterocycles. The van der Waals surface area contributed by atoms with Crippen LogP contribution in [0.1, 0.15) is 34.1 Å². The van der Waals surface area contributed by atoms with Gasteiger partial charge >= 0.3 is 11.9 Å². The van der Waals surface area contributed by atoms with Crippen LogP contribution in [-0.4, -0.2) is 83.1 Å². The van der Waals surface area contributed by atoms with Crippen molar-refractivity contribution in [2.75, 3.05) is 65.0 Å². The monoisotopic (exact) mass is 490 g/mol. The van der Waals surface area contributed by atoms with Gasteiger partial charge < -0.3 is 28.4 Å². The highest BCUT2D eigenvalue weighted by Crippen LogP contribution is 2.24. The standard InChI is InChI=1S/C24H42O8S/c1-8-11-28-15-20(31-12-9-2)16-32-21(25)23(4,5)18-33-14-13-29-19-30-17-24(6,10-3)22(26)27-7/h8-9,20H,1-2,10-19H2,3-7H3. The Morgan fingerprint density at radius 1 is 1.00 bits per heavy atom. The molecule has 0 saturated heterocycles. The van der Waals surface area contributed by atoms with Crippen LogP contribution in [0, 0.1) is 10.8 Å². The lowest BCUT2D eigenvalue weighted by atomic mass is 9.89. The summed E-state index contributed by atoms with van der Waals surface area (Å²) >= 11 is 1.59. The van der Waals surface area contributed by atoms with Crippen LogP contribution in [0.4, 0.5) is 0 Å². The van der Waals surface area contributed by atoms with Crippen molar-refractivity contribution in [2.45, 2.75) is 40.2 Å². The number of ether oxygens (including phenoxy) is 6. The van der Waals surface area contributed by atoms with Gasteiger partial charge in [0.1, 0.15) is 19.5 Å². The van der Waals surface area contributed by atoms with Gasteiger partial charge in [-0.05, 0) is 27.2 Å². The molecule has 0 aromatic carbocycles. The van der Waals surface area contributed by atoms with Crippen molar-refractivity contribution >= 4 is 23.7 Å². The van der Waals surface area contributed by atoms with Gasteiger partial charge in [-0.2, -0.15) is 11.8 Å². The summed E-state index contributed by atoms with van der Waals surface area (Å²) in [6.45, 7) is 16.6. The molecule has 0 bridgehead atoms. The molecule has 0 N–H and O–H groups in total. The third-order valence-electron chi connectivity index (χ3n) is 4.82. The van der Waals surface area contributed by atoms with Gasteiger partial charge in [0.25, 0.3) is 0 Å². The van der Waals surface area contributed by atoms with Crippen LogP contribution in [0.25, 0.3) is 0 Å². The molecule has 0 aromatic heterocycles. The number of rotatable bonds is 21. The van der Waals surface area contributed by atoms with Crippen LogP contribution in [0.2, 0.25) is 0 Å². The first kappa shape index (κ1) is 31.6. The lowest BCUT2D eigenvalue weighted by molar-refractivity contribution is -0.160. The maximum absolute atomic E-state index is 12.5. The van der Waals surface area contributed by atoms with Gasteiger partial charge in [-0.25, -0.2) is 0 Å². The molecule has 192 valence electrons. The third kappa shape index (κ3) is 13.8. The summed E-state index contributed by atoms with van der Waals surface area (Å²) in [5.41, 5.74) is -1.33. The Hall–Kier alpha value is -1.39. The third-order valence-corrected chi connectivity index (χ3v) is 6.20. The van der Waals surface area contributed by atoms with E-state index in [9.17, 15) is 9.59 Å². The highest BCUT2D eigenvalue weighted by atomic mass is 32.2. The Balaban J connectivity index is 4.15. The van der Waals surface area contributed by atoms with E-state index >= 15 is 0 Å². The summed E-state index contributed by atoms with van der Waals surface area (Å²) in [4.78, 5) is 24.3. The molecule has 0 saturated carbocycles. The fourth-order valence-corrected chi connectivity index (χ4v) is 3.44. The first-order valence-corrected chi connectivity index (χ1v) is 12.2. The van der Waals surface area contributed by atoms with E-state index < -0.39 is 10.8 Å². The SMILES string of the molecule is C=CCOCC(COC(=O)C(C)(C)CSCCOCOCC(C)(CC)C(=O)OC)OCC=C. The summed E-state index contributed by atoms with van der Waals surface area (Å²) < 4.78 is 32.2. The van der Waals surface area contributed by atoms with E-state index in [4.69, 9.17) is 28.4 Å². The summed E-state index contributed by atoms with van der Waals surface area (Å²) in [6, 6.07) is 0. The normalized spacial score (nSPS) is 14.2. The van der Waals surface area contributed by atoms with Gasteiger partial charge in [0.2, 0.25) is 0 Å². The quantitative estimate of drug-likeness (QED) is 0.103. The molecule has 8 nitrogen and oxygen atoms in total. The smallest absolute Gasteiger partial charge is 0.313 e. The Kier molecular flexibility index (Phi) is 17.2. The molecule has 0 aliphatic carbocycles. The summed E-state index contributed by atoms with van der Waals surface area (Å²) in [7, 11) is 1.37. The Morgan fingerprint density at radius 2 is 1.70 bits per heavy atom. The molecule has 0 heterocycles. The van der Waals surface area contributed by atoms with Crippen molar-refractivity contribution in [3.05, 3.63) is 25.3 Å². The second kappa shape index (κ2) is 18.0. The second-order valence-corrected chi connectivity index (χ2v) is 9.49. The molecule has 33 heavy (non-hydrogen) atoms. The van der Waals surface area contributed by atoms with Crippen molar-refractivity contribution in [3.63, 3.8) is 0 Å². The van der Waals surface area contributed by atoms with E-state index in [1.165, 1.54) is 7.11 Å². The van der Waals surface area contributed by atoms with Gasteiger partial charge in [0, 0.05) is 11.5 Å². The fraction of sp³-hybridized carbons (Fsp3) is 0.750. The van der Waals surface area contributed by atoms with Crippen molar-refractivity contribution in [2.24, 2.45) is 10.8 Å². The summed E-state index contributed by atoms with van der Waals surface area (Å²) in [5.74, 6) is 0.689. The largest absolute Gasteiger partial charge is 0.469 e. The number of methoxy groups -OCH3 is 1. The molecule has 0 aromatic rings. The lowest BCUT2D eigenvalue weighted by Gasteiger charge is -2.25. The summed E-state index contributed by atoms with van der Waals surface area (Å²) in [6.07, 6.45) is 3.54. The first-order chi connectivity index (χ1) is 15.7. The summed E-state index contributed by atoms with van der Waals surface area (Å²) in [5, 5.41) is 0. The predicted octanol–water partition coefficient (Wildman–Crippen LogP) is 3.64. The molecule has 0 radical (unpaired) electrons. The van der Waals surface area contributed by atoms with Gasteiger partial charge in [-0.1, -0.05) is 19.1 Å². The van der Waals surface area contributed by atoms with Crippen molar-refractivity contribution in [1.29, 1.82) is 0 Å². The van der Waals surface area contributed by atoms with Crippen molar-refractivity contribution in [3.8, 4) is 0 Å². The molecular weight excluding hydrogens is 448 g/mol. The van der Waals surface area contributed by atoms with Gasteiger partial charge in [-0.3, -0.25) is 9.59 Å². The highest BCUT2D eigenvalue weighted by molar-refractivity contribution is 7.99. The predicted molar refractivity (Wildman–Crippen MR) is 130 cm³/mol. The minimum absolute atomic E-state index is 0.0958. The van der Waals surface area contributed by atoms with Crippen LogP contribution in [0.15, 0.2) is 25.3 Å². The molecule has 2 unspecified atom stereocenters. The maximum Gasteiger partial charge on any atom is 0.313 e. The van der Waals surface area contributed by atoms with E-state index in [-0.39, 0.29) is 38.0 Å². The minimum Gasteiger partial charge on any atom is -0.469 e. The molecule has 0 spiro atoms. The zero-order chi connectivity index (χ0) is 25.2. The number of hydrogen-bond donors (Lipinski definition) is 0. The van der Waals surface area contributed by atoms with Crippen LogP contribution in [0.3, 0.4) is 0 Å². The van der Waals surface area contributed by atoms with E-state index in [0.717, 1.165) is 0 Å². The van der Waals surface area contributed by atoms with Gasteiger partial charge in [0.05, 0.1) is 51.0 Å². The van der Waals surface area contributed by atoms with E-state index in [2.05, 4.69) is 13.2 Å². The zero-order valence-corrected chi connectivity index (χ0v) is 21.7. The van der Waals surface area contributed by atoms with Crippen molar-refractivity contribution < 1.29 is 38.0 Å². The van der Waals surface area contributed by atoms with Crippen LogP contribution < -0.4 is 0 Å². The topological polar surface area (TPSA) is 89.5 Å². The van der Waals surface area contributed by atoms with E-state index in [1.807, 2.05) is 20.8 Å². The van der Waals surface area contributed by atoms with Gasteiger partial charge in [0.15, 0.2) is 0 Å². The van der Waals surface area contributed by atoms with Crippen LogP contribution in [-0.2, 0) is 38.0 Å². The number of carbonyl (C=O) groups is 2. The molecule has 2 atom stereocenters. The molecule has 0 aliphatic rings. The lowest BCUT2D eigenvalue weighted by Crippen LogP contribution is -2.34. The minimum atomic E-state index is -0.676. The second-order valence-electron chi connectivity index (χ2n) is 8.39. The Labute approximate surface area is 203 Å². The zero-order valence-electron chi connectivity index (χ0n) is 20.9. The maximum atomic E-state index is 12.5. The number of thioether (sulfide) groups is 1. The number of esters is 2. The highest BCUT2D eigenvalue weighted by Gasteiger charge is 2.33. The van der Waals surface area contributed by atoms with Crippen LogP contribution >= 0.6 is 11.8 Å². The number of hydrogen-bond acceptors (Lipinski definition) is 9. The molecular formula is C24H42O8S. The first-order valence-electron chi connectivity index (χ1n) is 11.1. The average Bonchev–Trinajstić information content (AvgIpc) is 2.80. The number of carbonyl (C=O) groups excluding carboxylic acids is 2. The fourth-order valence-electron chi connectivity index (χ4n) is 2.44. The molecule has 0 rings (SSSR count). The Morgan fingerprint density at radius 3 is 2.30 bits per heavy atom. The van der Waals surface area contributed by atoms with Gasteiger partial charge in [-0.15, -0.1) is 13.2 Å².